The van der Waals surface area contributed by atoms with Crippen molar-refractivity contribution in [3.63, 3.8) is 0 Å². The molecule has 0 aliphatic heterocycles. The molecule has 15 heavy (non-hydrogen) atoms. The Bertz CT molecular complexity index is 652. The summed E-state index contributed by atoms with van der Waals surface area (Å²) in [5.41, 5.74) is 9.72. The van der Waals surface area contributed by atoms with Crippen LogP contribution in [0.3, 0.4) is 0 Å². The van der Waals surface area contributed by atoms with Gasteiger partial charge in [-0.25, -0.2) is 0 Å². The van der Waals surface area contributed by atoms with Gasteiger partial charge in [0.2, 0.25) is 0 Å². The second-order valence-electron chi connectivity index (χ2n) is 3.71. The van der Waals surface area contributed by atoms with Gasteiger partial charge in [0.25, 0.3) is 0 Å². The van der Waals surface area contributed by atoms with Crippen molar-refractivity contribution in [1.82, 2.24) is 9.55 Å². The second-order valence-corrected chi connectivity index (χ2v) is 3.71. The lowest BCUT2D eigenvalue weighted by molar-refractivity contribution is 1.01. The van der Waals surface area contributed by atoms with E-state index in [0.717, 1.165) is 11.0 Å². The molecule has 2 N–H and O–H groups in total. The largest absolute Gasteiger partial charge is 0.397 e. The van der Waals surface area contributed by atoms with Crippen LogP contribution >= 0.6 is 0 Å². The number of rotatable bonds is 0. The van der Waals surface area contributed by atoms with Gasteiger partial charge in [0.05, 0.1) is 28.4 Å². The van der Waals surface area contributed by atoms with Gasteiger partial charge in [0.15, 0.2) is 0 Å². The van der Waals surface area contributed by atoms with Crippen molar-refractivity contribution in [2.45, 2.75) is 0 Å². The maximum absolute atomic E-state index is 5.74. The minimum absolute atomic E-state index is 0.702. The number of benzene rings is 1. The van der Waals surface area contributed by atoms with E-state index in [1.54, 1.807) is 6.20 Å². The summed E-state index contributed by atoms with van der Waals surface area (Å²) in [6.07, 6.45) is 1.70. The summed E-state index contributed by atoms with van der Waals surface area (Å²) in [5.74, 6) is 0. The first-order valence-corrected chi connectivity index (χ1v) is 4.86. The summed E-state index contributed by atoms with van der Waals surface area (Å²) in [6.45, 7) is 0. The smallest absolute Gasteiger partial charge is 0.0961 e. The summed E-state index contributed by atoms with van der Waals surface area (Å²) >= 11 is 0. The molecule has 2 heterocycles. The Hall–Kier alpha value is -2.03. The van der Waals surface area contributed by atoms with E-state index in [0.29, 0.717) is 5.69 Å². The lowest BCUT2D eigenvalue weighted by atomic mass is 10.2. The summed E-state index contributed by atoms with van der Waals surface area (Å²) < 4.78 is 2.12. The summed E-state index contributed by atoms with van der Waals surface area (Å²) in [5, 5.41) is 1.18. The van der Waals surface area contributed by atoms with Crippen molar-refractivity contribution >= 4 is 27.6 Å². The lowest BCUT2D eigenvalue weighted by Crippen LogP contribution is -1.90. The molecule has 3 aromatic rings. The molecule has 3 nitrogen and oxygen atoms in total. The van der Waals surface area contributed by atoms with E-state index in [9.17, 15) is 0 Å². The van der Waals surface area contributed by atoms with Crippen molar-refractivity contribution in [2.24, 2.45) is 7.05 Å². The van der Waals surface area contributed by atoms with Crippen molar-refractivity contribution < 1.29 is 0 Å². The molecule has 0 radical (unpaired) electrons. The second kappa shape index (κ2) is 2.73. The Morgan fingerprint density at radius 3 is 2.87 bits per heavy atom. The molecule has 0 aliphatic carbocycles. The van der Waals surface area contributed by atoms with Gasteiger partial charge >= 0.3 is 0 Å². The van der Waals surface area contributed by atoms with Gasteiger partial charge < -0.3 is 10.3 Å². The number of fused-ring (bicyclic) bond motifs is 3. The molecule has 2 aromatic heterocycles. The average molecular weight is 197 g/mol. The van der Waals surface area contributed by atoms with Crippen LogP contribution in [0.25, 0.3) is 21.9 Å². The highest BCUT2D eigenvalue weighted by atomic mass is 15.0. The molecule has 3 heteroatoms. The fourth-order valence-corrected chi connectivity index (χ4v) is 2.03. The third-order valence-corrected chi connectivity index (χ3v) is 2.77. The summed E-state index contributed by atoms with van der Waals surface area (Å²) in [7, 11) is 2.03. The maximum atomic E-state index is 5.74. The van der Waals surface area contributed by atoms with E-state index < -0.39 is 0 Å². The van der Waals surface area contributed by atoms with Crippen LogP contribution in [-0.4, -0.2) is 9.55 Å². The monoisotopic (exact) mass is 197 g/mol. The molecule has 0 spiro atoms. The number of nitrogens with two attached hydrogens (primary N) is 1. The van der Waals surface area contributed by atoms with Crippen LogP contribution in [0.2, 0.25) is 0 Å². The van der Waals surface area contributed by atoms with Gasteiger partial charge in [-0.3, -0.25) is 4.98 Å². The van der Waals surface area contributed by atoms with Crippen LogP contribution < -0.4 is 5.73 Å². The van der Waals surface area contributed by atoms with Crippen LogP contribution in [-0.2, 0) is 7.05 Å². The fourth-order valence-electron chi connectivity index (χ4n) is 2.03. The molecule has 0 fully saturated rings. The van der Waals surface area contributed by atoms with Crippen LogP contribution in [0, 0.1) is 0 Å². The lowest BCUT2D eigenvalue weighted by Gasteiger charge is -1.97. The van der Waals surface area contributed by atoms with Gasteiger partial charge in [-0.1, -0.05) is 18.2 Å². The number of aryl methyl sites for hydroxylation is 1. The Balaban J connectivity index is 2.63. The highest BCUT2D eigenvalue weighted by molar-refractivity contribution is 6.06. The number of hydrogen-bond donors (Lipinski definition) is 1. The topological polar surface area (TPSA) is 43.8 Å². The molecule has 1 aromatic carbocycles. The maximum Gasteiger partial charge on any atom is 0.0961 e. The molecule has 0 saturated carbocycles. The third kappa shape index (κ3) is 1.03. The van der Waals surface area contributed by atoms with E-state index in [4.69, 9.17) is 5.73 Å². The Morgan fingerprint density at radius 2 is 2.00 bits per heavy atom. The van der Waals surface area contributed by atoms with Crippen LogP contribution in [0.4, 0.5) is 5.69 Å². The predicted octanol–water partition coefficient (Wildman–Crippen LogP) is 2.31. The van der Waals surface area contributed by atoms with Crippen LogP contribution in [0.5, 0.6) is 0 Å². The number of aromatic nitrogens is 2. The third-order valence-electron chi connectivity index (χ3n) is 2.77. The molecule has 74 valence electrons. The van der Waals surface area contributed by atoms with Crippen LogP contribution in [0.15, 0.2) is 36.5 Å². The standard InChI is InChI=1S/C12H11N3/c1-15-10-5-3-2-4-9(10)12-11(15)6-8(13)7-14-12/h2-7H,13H2,1H3. The van der Waals surface area contributed by atoms with Crippen molar-refractivity contribution in [3.05, 3.63) is 36.5 Å². The Kier molecular flexibility index (Phi) is 1.51. The number of hydrogen-bond acceptors (Lipinski definition) is 2. The molecule has 0 saturated heterocycles. The molecule has 0 bridgehead atoms. The summed E-state index contributed by atoms with van der Waals surface area (Å²) in [6, 6.07) is 10.2. The van der Waals surface area contributed by atoms with Gasteiger partial charge in [-0.05, 0) is 12.1 Å². The minimum atomic E-state index is 0.702. The molecule has 0 unspecified atom stereocenters. The highest BCUT2D eigenvalue weighted by Gasteiger charge is 2.07. The van der Waals surface area contributed by atoms with Crippen molar-refractivity contribution in [3.8, 4) is 0 Å². The molecule has 0 atom stereocenters. The normalized spacial score (nSPS) is 11.3. The molecule has 0 amide bonds. The van der Waals surface area contributed by atoms with E-state index >= 15 is 0 Å². The van der Waals surface area contributed by atoms with E-state index in [-0.39, 0.29) is 0 Å². The van der Waals surface area contributed by atoms with E-state index in [1.165, 1.54) is 10.9 Å². The molecule has 0 aliphatic rings. The van der Waals surface area contributed by atoms with E-state index in [2.05, 4.69) is 21.7 Å². The number of pyridine rings is 1. The molecular weight excluding hydrogens is 186 g/mol. The predicted molar refractivity (Wildman–Crippen MR) is 62.6 cm³/mol. The number of para-hydroxylation sites is 1. The zero-order chi connectivity index (χ0) is 10.4. The first-order valence-electron chi connectivity index (χ1n) is 4.86. The zero-order valence-electron chi connectivity index (χ0n) is 8.44. The quantitative estimate of drug-likeness (QED) is 0.601. The number of nitrogen functional groups attached to an aromatic ring is 1. The molecular formula is C12H11N3. The van der Waals surface area contributed by atoms with E-state index in [1.807, 2.05) is 25.2 Å². The van der Waals surface area contributed by atoms with Crippen LogP contribution in [0.1, 0.15) is 0 Å². The summed E-state index contributed by atoms with van der Waals surface area (Å²) in [4.78, 5) is 4.38. The molecule has 3 rings (SSSR count). The fraction of sp³-hybridized carbons (Fsp3) is 0.0833. The van der Waals surface area contributed by atoms with Crippen molar-refractivity contribution in [2.75, 3.05) is 5.73 Å². The number of nitrogens with zero attached hydrogens (tertiary/aromatic N) is 2. The first kappa shape index (κ1) is 8.29. The highest BCUT2D eigenvalue weighted by Crippen LogP contribution is 2.26. The van der Waals surface area contributed by atoms with Gasteiger partial charge in [-0.15, -0.1) is 0 Å². The number of anilines is 1. The Labute approximate surface area is 87.1 Å². The first-order chi connectivity index (χ1) is 7.27. The van der Waals surface area contributed by atoms with Gasteiger partial charge in [-0.2, -0.15) is 0 Å². The van der Waals surface area contributed by atoms with Crippen molar-refractivity contribution in [1.29, 1.82) is 0 Å². The average Bonchev–Trinajstić information content (AvgIpc) is 2.54. The van der Waals surface area contributed by atoms with Gasteiger partial charge in [0, 0.05) is 12.4 Å². The van der Waals surface area contributed by atoms with Gasteiger partial charge in [0.1, 0.15) is 0 Å². The SMILES string of the molecule is Cn1c2ccccc2c2ncc(N)cc21. The minimum Gasteiger partial charge on any atom is -0.397 e. The zero-order valence-corrected chi connectivity index (χ0v) is 8.44. The Morgan fingerprint density at radius 1 is 1.20 bits per heavy atom.